The topological polar surface area (TPSA) is 35.9 Å². The van der Waals surface area contributed by atoms with Gasteiger partial charge in [-0.15, -0.1) is 0 Å². The molecule has 5 rings (SSSR count). The number of hydrogen-bond donors (Lipinski definition) is 0. The number of aliphatic imine (C=N–C) groups is 1. The number of carbonyl (C=O) groups is 1. The maximum atomic E-state index is 13.9. The molecule has 3 aromatic rings. The van der Waals surface area contributed by atoms with E-state index in [4.69, 9.17) is 4.99 Å². The van der Waals surface area contributed by atoms with Crippen molar-refractivity contribution < 1.29 is 18.0 Å². The fourth-order valence-corrected chi connectivity index (χ4v) is 4.62. The average Bonchev–Trinajstić information content (AvgIpc) is 3.03. The van der Waals surface area contributed by atoms with Gasteiger partial charge in [0.2, 0.25) is 0 Å². The van der Waals surface area contributed by atoms with Gasteiger partial charge in [0.05, 0.1) is 23.9 Å². The van der Waals surface area contributed by atoms with E-state index in [2.05, 4.69) is 0 Å². The molecule has 1 atom stereocenters. The molecule has 0 aliphatic carbocycles. The van der Waals surface area contributed by atoms with Crippen LogP contribution in [0.1, 0.15) is 22.7 Å². The molecule has 1 unspecified atom stereocenters. The molecule has 2 aliphatic heterocycles. The molecule has 0 radical (unpaired) electrons. The van der Waals surface area contributed by atoms with Gasteiger partial charge in [0.1, 0.15) is 5.70 Å². The van der Waals surface area contributed by atoms with Crippen molar-refractivity contribution >= 4 is 17.3 Å². The summed E-state index contributed by atoms with van der Waals surface area (Å²) in [6.07, 6.45) is -4.50. The number of nitrogens with zero attached hydrogens (tertiary/aromatic N) is 3. The number of carbonyl (C=O) groups excluding carboxylic acids is 1. The third-order valence-electron chi connectivity index (χ3n) is 6.16. The molecule has 2 aliphatic rings. The molecule has 1 amide bonds. The van der Waals surface area contributed by atoms with Crippen LogP contribution in [0.15, 0.2) is 101 Å². The maximum absolute atomic E-state index is 13.9. The number of amides is 1. The summed E-state index contributed by atoms with van der Waals surface area (Å²) in [4.78, 5) is 22.2. The predicted octanol–water partition coefficient (Wildman–Crippen LogP) is 5.48. The first-order chi connectivity index (χ1) is 16.4. The molecule has 0 fully saturated rings. The number of alkyl halides is 3. The Morgan fingerprint density at radius 3 is 2.26 bits per heavy atom. The van der Waals surface area contributed by atoms with Crippen molar-refractivity contribution in [3.8, 4) is 0 Å². The van der Waals surface area contributed by atoms with E-state index in [9.17, 15) is 18.0 Å². The van der Waals surface area contributed by atoms with Gasteiger partial charge < -0.3 is 4.90 Å². The predicted molar refractivity (Wildman–Crippen MR) is 126 cm³/mol. The molecule has 0 aromatic heterocycles. The summed E-state index contributed by atoms with van der Waals surface area (Å²) in [5, 5.41) is 0. The largest absolute Gasteiger partial charge is 0.416 e. The Balaban J connectivity index is 1.77. The van der Waals surface area contributed by atoms with Crippen molar-refractivity contribution in [3.63, 3.8) is 0 Å². The first-order valence-electron chi connectivity index (χ1n) is 11.0. The molecule has 4 nitrogen and oxygen atoms in total. The van der Waals surface area contributed by atoms with Crippen molar-refractivity contribution in [1.29, 1.82) is 0 Å². The Labute approximate surface area is 195 Å². The van der Waals surface area contributed by atoms with Crippen molar-refractivity contribution in [3.05, 3.63) is 113 Å². The minimum absolute atomic E-state index is 0.253. The van der Waals surface area contributed by atoms with Gasteiger partial charge in [-0.1, -0.05) is 60.7 Å². The smallest absolute Gasteiger partial charge is 0.368 e. The van der Waals surface area contributed by atoms with E-state index >= 15 is 0 Å². The molecule has 172 valence electrons. The zero-order valence-corrected chi connectivity index (χ0v) is 18.5. The van der Waals surface area contributed by atoms with Crippen LogP contribution in [0.2, 0.25) is 0 Å². The van der Waals surface area contributed by atoms with Gasteiger partial charge in [0, 0.05) is 30.4 Å². The second kappa shape index (κ2) is 8.48. The highest BCUT2D eigenvalue weighted by Crippen LogP contribution is 2.45. The third kappa shape index (κ3) is 3.77. The minimum Gasteiger partial charge on any atom is -0.368 e. The molecular formula is C27H22F3N3O. The van der Waals surface area contributed by atoms with Crippen molar-refractivity contribution in [2.75, 3.05) is 25.0 Å². The molecule has 3 aromatic carbocycles. The van der Waals surface area contributed by atoms with Gasteiger partial charge in [-0.2, -0.15) is 13.2 Å². The summed E-state index contributed by atoms with van der Waals surface area (Å²) in [6, 6.07) is 23.0. The number of halogens is 3. The fraction of sp³-hybridized carbons (Fsp3) is 0.185. The number of hydrogen-bond acceptors (Lipinski definition) is 3. The lowest BCUT2D eigenvalue weighted by Gasteiger charge is -2.29. The number of anilines is 1. The van der Waals surface area contributed by atoms with Crippen molar-refractivity contribution in [1.82, 2.24) is 4.90 Å². The van der Waals surface area contributed by atoms with E-state index in [1.165, 1.54) is 6.07 Å². The Kier molecular flexibility index (Phi) is 5.48. The van der Waals surface area contributed by atoms with E-state index in [-0.39, 0.29) is 5.91 Å². The van der Waals surface area contributed by atoms with Crippen LogP contribution in [-0.2, 0) is 11.0 Å². The van der Waals surface area contributed by atoms with E-state index in [1.54, 1.807) is 23.1 Å². The van der Waals surface area contributed by atoms with Gasteiger partial charge in [0.15, 0.2) is 0 Å². The molecule has 2 heterocycles. The monoisotopic (exact) mass is 461 g/mol. The van der Waals surface area contributed by atoms with Crippen LogP contribution >= 0.6 is 0 Å². The van der Waals surface area contributed by atoms with Crippen LogP contribution in [0.25, 0.3) is 0 Å². The van der Waals surface area contributed by atoms with Crippen LogP contribution in [-0.4, -0.2) is 36.7 Å². The van der Waals surface area contributed by atoms with Gasteiger partial charge >= 0.3 is 6.18 Å². The second-order valence-electron chi connectivity index (χ2n) is 8.32. The minimum atomic E-state index is -4.50. The summed E-state index contributed by atoms with van der Waals surface area (Å²) in [7, 11) is 1.83. The summed E-state index contributed by atoms with van der Waals surface area (Å²) in [5.74, 6) is -0.253. The number of rotatable bonds is 3. The molecule has 34 heavy (non-hydrogen) atoms. The zero-order chi connectivity index (χ0) is 23.9. The lowest BCUT2D eigenvalue weighted by atomic mass is 9.90. The van der Waals surface area contributed by atoms with Crippen LogP contribution in [0.4, 0.5) is 18.9 Å². The molecule has 0 bridgehead atoms. The molecule has 0 saturated carbocycles. The molecule has 0 saturated heterocycles. The lowest BCUT2D eigenvalue weighted by Crippen LogP contribution is -2.34. The average molecular weight is 461 g/mol. The molecule has 0 spiro atoms. The first-order valence-corrected chi connectivity index (χ1v) is 11.0. The first kappa shape index (κ1) is 21.9. The zero-order valence-electron chi connectivity index (χ0n) is 18.5. The van der Waals surface area contributed by atoms with Gasteiger partial charge in [0.25, 0.3) is 5.91 Å². The number of para-hydroxylation sites is 1. The summed E-state index contributed by atoms with van der Waals surface area (Å²) < 4.78 is 40.9. The summed E-state index contributed by atoms with van der Waals surface area (Å²) >= 11 is 0. The Hall–Kier alpha value is -3.87. The van der Waals surface area contributed by atoms with E-state index < -0.39 is 17.8 Å². The maximum Gasteiger partial charge on any atom is 0.416 e. The van der Waals surface area contributed by atoms with Crippen LogP contribution in [0, 0.1) is 0 Å². The normalized spacial score (nSPS) is 18.6. The van der Waals surface area contributed by atoms with E-state index in [0.29, 0.717) is 41.3 Å². The highest BCUT2D eigenvalue weighted by atomic mass is 19.4. The van der Waals surface area contributed by atoms with Crippen LogP contribution in [0.5, 0.6) is 0 Å². The SMILES string of the molecule is CN1CCN=C(c2ccccc2)C2=C1C(=O)N(c1ccccc1)C2c1cccc(C(F)(F)F)c1. The lowest BCUT2D eigenvalue weighted by molar-refractivity contribution is -0.137. The molecule has 0 N–H and O–H groups in total. The van der Waals surface area contributed by atoms with Crippen LogP contribution in [0.3, 0.4) is 0 Å². The van der Waals surface area contributed by atoms with E-state index in [0.717, 1.165) is 17.7 Å². The Bertz CT molecular complexity index is 1280. The molecule has 7 heteroatoms. The van der Waals surface area contributed by atoms with Gasteiger partial charge in [-0.25, -0.2) is 0 Å². The summed E-state index contributed by atoms with van der Waals surface area (Å²) in [6.45, 7) is 1.00. The standard InChI is InChI=1S/C27H22F3N3O/c1-32-16-15-31-23(18-9-4-2-5-10-18)22-24(19-11-8-12-20(17-19)27(28,29)30)33(26(34)25(22)32)21-13-6-3-7-14-21/h2-14,17,24H,15-16H2,1H3. The summed E-state index contributed by atoms with van der Waals surface area (Å²) in [5.41, 5.74) is 2.80. The number of likely N-dealkylation sites (N-methyl/N-ethyl adjacent to an activating group) is 1. The highest BCUT2D eigenvalue weighted by molar-refractivity contribution is 6.23. The van der Waals surface area contributed by atoms with Crippen molar-refractivity contribution in [2.24, 2.45) is 4.99 Å². The molecular weight excluding hydrogens is 439 g/mol. The Morgan fingerprint density at radius 2 is 1.59 bits per heavy atom. The van der Waals surface area contributed by atoms with Gasteiger partial charge in [-0.3, -0.25) is 14.7 Å². The highest BCUT2D eigenvalue weighted by Gasteiger charge is 2.46. The Morgan fingerprint density at radius 1 is 0.912 bits per heavy atom. The van der Waals surface area contributed by atoms with E-state index in [1.807, 2.05) is 60.5 Å². The quantitative estimate of drug-likeness (QED) is 0.518. The van der Waals surface area contributed by atoms with Crippen molar-refractivity contribution in [2.45, 2.75) is 12.2 Å². The second-order valence-corrected chi connectivity index (χ2v) is 8.32. The fourth-order valence-electron chi connectivity index (χ4n) is 4.62. The van der Waals surface area contributed by atoms with Crippen LogP contribution < -0.4 is 4.90 Å². The number of benzene rings is 3. The third-order valence-corrected chi connectivity index (χ3v) is 6.16. The van der Waals surface area contributed by atoms with Gasteiger partial charge in [-0.05, 0) is 29.8 Å².